The number of benzene rings is 1. The smallest absolute Gasteiger partial charge is 0.134 e. The lowest BCUT2D eigenvalue weighted by molar-refractivity contribution is 0.162. The Bertz CT molecular complexity index is 791. The topological polar surface area (TPSA) is 41.3 Å². The maximum atomic E-state index is 5.76. The predicted octanol–water partition coefficient (Wildman–Crippen LogP) is 3.97. The summed E-state index contributed by atoms with van der Waals surface area (Å²) < 4.78 is 5.76. The van der Waals surface area contributed by atoms with Crippen LogP contribution in [-0.2, 0) is 13.1 Å². The van der Waals surface area contributed by atoms with E-state index in [0.717, 1.165) is 37.5 Å². The Labute approximate surface area is 148 Å². The fourth-order valence-corrected chi connectivity index (χ4v) is 3.75. The minimum absolute atomic E-state index is 0.575. The standard InChI is InChI=1S/C21H25N3O/c1-2-9-21-20(8-1)17(16-25-21)14-24(15-18-6-3-4-12-23-18)19-7-5-11-22-13-10-19/h1-4,6,8-9,12,16,19,22H,5,7,10-11,13-15H2/t19-/m0/s1. The Morgan fingerprint density at radius 2 is 1.96 bits per heavy atom. The van der Waals surface area contributed by atoms with Crippen molar-refractivity contribution in [1.29, 1.82) is 0 Å². The molecular formula is C21H25N3O. The lowest BCUT2D eigenvalue weighted by atomic mass is 10.1. The summed E-state index contributed by atoms with van der Waals surface area (Å²) in [6.07, 6.45) is 7.45. The van der Waals surface area contributed by atoms with Crippen LogP contribution in [0.15, 0.2) is 59.3 Å². The number of aromatic nitrogens is 1. The van der Waals surface area contributed by atoms with Gasteiger partial charge in [0.2, 0.25) is 0 Å². The first-order chi connectivity index (χ1) is 12.4. The van der Waals surface area contributed by atoms with Crippen molar-refractivity contribution in [3.8, 4) is 0 Å². The minimum Gasteiger partial charge on any atom is -0.464 e. The first kappa shape index (κ1) is 16.3. The molecule has 0 saturated carbocycles. The van der Waals surface area contributed by atoms with Gasteiger partial charge in [-0.15, -0.1) is 0 Å². The normalized spacial score (nSPS) is 18.5. The summed E-state index contributed by atoms with van der Waals surface area (Å²) in [6, 6.07) is 15.0. The first-order valence-electron chi connectivity index (χ1n) is 9.20. The van der Waals surface area contributed by atoms with Crippen LogP contribution in [0.3, 0.4) is 0 Å². The molecule has 0 aliphatic carbocycles. The predicted molar refractivity (Wildman–Crippen MR) is 100 cm³/mol. The third-order valence-electron chi connectivity index (χ3n) is 5.09. The van der Waals surface area contributed by atoms with Crippen molar-refractivity contribution in [2.75, 3.05) is 13.1 Å². The highest BCUT2D eigenvalue weighted by atomic mass is 16.3. The minimum atomic E-state index is 0.575. The Morgan fingerprint density at radius 3 is 2.88 bits per heavy atom. The second kappa shape index (κ2) is 7.81. The van der Waals surface area contributed by atoms with Crippen LogP contribution < -0.4 is 5.32 Å². The van der Waals surface area contributed by atoms with Crippen molar-refractivity contribution in [1.82, 2.24) is 15.2 Å². The largest absolute Gasteiger partial charge is 0.464 e. The van der Waals surface area contributed by atoms with Crippen LogP contribution in [0.1, 0.15) is 30.5 Å². The average molecular weight is 335 g/mol. The van der Waals surface area contributed by atoms with Gasteiger partial charge in [0.05, 0.1) is 12.0 Å². The number of furan rings is 1. The molecule has 1 N–H and O–H groups in total. The van der Waals surface area contributed by atoms with E-state index in [-0.39, 0.29) is 0 Å². The molecule has 0 unspecified atom stereocenters. The highest BCUT2D eigenvalue weighted by Gasteiger charge is 2.22. The van der Waals surface area contributed by atoms with Crippen molar-refractivity contribution in [3.63, 3.8) is 0 Å². The third kappa shape index (κ3) is 3.91. The van der Waals surface area contributed by atoms with Gasteiger partial charge in [-0.2, -0.15) is 0 Å². The molecule has 0 spiro atoms. The van der Waals surface area contributed by atoms with Gasteiger partial charge in [0.15, 0.2) is 0 Å². The second-order valence-electron chi connectivity index (χ2n) is 6.82. The first-order valence-corrected chi connectivity index (χ1v) is 9.20. The summed E-state index contributed by atoms with van der Waals surface area (Å²) in [5.74, 6) is 0. The zero-order valence-electron chi connectivity index (χ0n) is 14.5. The zero-order valence-corrected chi connectivity index (χ0v) is 14.5. The van der Waals surface area contributed by atoms with Crippen LogP contribution in [0.5, 0.6) is 0 Å². The molecule has 0 radical (unpaired) electrons. The number of pyridine rings is 1. The number of fused-ring (bicyclic) bond motifs is 1. The van der Waals surface area contributed by atoms with Gasteiger partial charge in [0, 0.05) is 36.3 Å². The molecule has 4 nitrogen and oxygen atoms in total. The van der Waals surface area contributed by atoms with Crippen molar-refractivity contribution in [2.24, 2.45) is 0 Å². The van der Waals surface area contributed by atoms with E-state index in [2.05, 4.69) is 39.5 Å². The molecule has 1 fully saturated rings. The number of hydrogen-bond donors (Lipinski definition) is 1. The number of hydrogen-bond acceptors (Lipinski definition) is 4. The fourth-order valence-electron chi connectivity index (χ4n) is 3.75. The maximum absolute atomic E-state index is 5.76. The fraction of sp³-hybridized carbons (Fsp3) is 0.381. The molecule has 2 aromatic heterocycles. The molecule has 3 aromatic rings. The summed E-state index contributed by atoms with van der Waals surface area (Å²) in [5, 5.41) is 4.75. The Balaban J connectivity index is 1.59. The molecule has 0 bridgehead atoms. The van der Waals surface area contributed by atoms with Crippen LogP contribution in [0.25, 0.3) is 11.0 Å². The van der Waals surface area contributed by atoms with Crippen LogP contribution in [-0.4, -0.2) is 29.0 Å². The van der Waals surface area contributed by atoms with Crippen LogP contribution in [0.2, 0.25) is 0 Å². The maximum Gasteiger partial charge on any atom is 0.134 e. The van der Waals surface area contributed by atoms with Gasteiger partial charge < -0.3 is 9.73 Å². The lowest BCUT2D eigenvalue weighted by Crippen LogP contribution is -2.35. The highest BCUT2D eigenvalue weighted by Crippen LogP contribution is 2.25. The van der Waals surface area contributed by atoms with Crippen LogP contribution >= 0.6 is 0 Å². The number of nitrogens with zero attached hydrogens (tertiary/aromatic N) is 2. The summed E-state index contributed by atoms with van der Waals surface area (Å²) >= 11 is 0. The van der Waals surface area contributed by atoms with E-state index in [1.165, 1.54) is 30.2 Å². The highest BCUT2D eigenvalue weighted by molar-refractivity contribution is 5.80. The quantitative estimate of drug-likeness (QED) is 0.766. The molecule has 1 saturated heterocycles. The Kier molecular flexibility index (Phi) is 5.09. The third-order valence-corrected chi connectivity index (χ3v) is 5.09. The molecule has 4 rings (SSSR count). The molecule has 1 atom stereocenters. The van der Waals surface area contributed by atoms with Crippen molar-refractivity contribution < 1.29 is 4.42 Å². The van der Waals surface area contributed by atoms with Crippen LogP contribution in [0.4, 0.5) is 0 Å². The van der Waals surface area contributed by atoms with Crippen molar-refractivity contribution in [2.45, 2.75) is 38.4 Å². The van der Waals surface area contributed by atoms with Crippen molar-refractivity contribution in [3.05, 3.63) is 66.2 Å². The van der Waals surface area contributed by atoms with E-state index in [0.29, 0.717) is 6.04 Å². The van der Waals surface area contributed by atoms with E-state index >= 15 is 0 Å². The molecule has 4 heteroatoms. The molecule has 1 aliphatic rings. The molecule has 25 heavy (non-hydrogen) atoms. The van der Waals surface area contributed by atoms with Gasteiger partial charge in [-0.05, 0) is 50.6 Å². The average Bonchev–Trinajstić information content (AvgIpc) is 2.88. The Hall–Kier alpha value is -2.17. The van der Waals surface area contributed by atoms with Gasteiger partial charge in [-0.1, -0.05) is 24.3 Å². The number of para-hydroxylation sites is 1. The molecule has 1 aliphatic heterocycles. The lowest BCUT2D eigenvalue weighted by Gasteiger charge is -2.30. The number of nitrogens with one attached hydrogen (secondary N) is 1. The monoisotopic (exact) mass is 335 g/mol. The van der Waals surface area contributed by atoms with E-state index in [9.17, 15) is 0 Å². The molecule has 3 heterocycles. The Morgan fingerprint density at radius 1 is 1.04 bits per heavy atom. The molecule has 130 valence electrons. The van der Waals surface area contributed by atoms with Gasteiger partial charge in [0.1, 0.15) is 5.58 Å². The van der Waals surface area contributed by atoms with E-state index in [4.69, 9.17) is 4.42 Å². The van der Waals surface area contributed by atoms with Crippen LogP contribution in [0, 0.1) is 0 Å². The second-order valence-corrected chi connectivity index (χ2v) is 6.82. The summed E-state index contributed by atoms with van der Waals surface area (Å²) in [5.41, 5.74) is 3.37. The van der Waals surface area contributed by atoms with Crippen molar-refractivity contribution >= 4 is 11.0 Å². The van der Waals surface area contributed by atoms with Gasteiger partial charge >= 0.3 is 0 Å². The summed E-state index contributed by atoms with van der Waals surface area (Å²) in [7, 11) is 0. The van der Waals surface area contributed by atoms with E-state index in [1.54, 1.807) is 0 Å². The molecule has 0 amide bonds. The van der Waals surface area contributed by atoms with Gasteiger partial charge in [0.25, 0.3) is 0 Å². The van der Waals surface area contributed by atoms with E-state index in [1.807, 2.05) is 30.7 Å². The number of rotatable bonds is 5. The summed E-state index contributed by atoms with van der Waals surface area (Å²) in [4.78, 5) is 7.12. The molecule has 1 aromatic carbocycles. The SMILES string of the molecule is c1ccc(CN(Cc2coc3ccccc23)[C@H]2CCCNCC2)nc1. The van der Waals surface area contributed by atoms with E-state index < -0.39 is 0 Å². The van der Waals surface area contributed by atoms with Gasteiger partial charge in [-0.3, -0.25) is 9.88 Å². The van der Waals surface area contributed by atoms with Gasteiger partial charge in [-0.25, -0.2) is 0 Å². The summed E-state index contributed by atoms with van der Waals surface area (Å²) in [6.45, 7) is 4.00. The molecular weight excluding hydrogens is 310 g/mol. The zero-order chi connectivity index (χ0) is 16.9.